The molecule has 0 aliphatic rings. The molecule has 0 atom stereocenters. The van der Waals surface area contributed by atoms with E-state index in [4.69, 9.17) is 0 Å². The molecule has 23 heavy (non-hydrogen) atoms. The van der Waals surface area contributed by atoms with Crippen LogP contribution in [0.1, 0.15) is 38.9 Å². The Balaban J connectivity index is -0.000000121. The Morgan fingerprint density at radius 2 is 1.22 bits per heavy atom. The Bertz CT molecular complexity index is 486. The van der Waals surface area contributed by atoms with Crippen LogP contribution in [-0.2, 0) is 26.2 Å². The molecule has 4 heteroatoms. The molecule has 0 bridgehead atoms. The van der Waals surface area contributed by atoms with Gasteiger partial charge in [0, 0.05) is 9.52 Å². The minimum absolute atomic E-state index is 0. The van der Waals surface area contributed by atoms with E-state index in [0.29, 0.717) is 0 Å². The molecule has 2 rings (SSSR count). The molecule has 131 valence electrons. The first kappa shape index (κ1) is 31.2. The molecular weight excluding hydrogens is 418 g/mol. The van der Waals surface area contributed by atoms with Crippen molar-refractivity contribution in [2.24, 2.45) is 0 Å². The monoisotopic (exact) mass is 449 g/mol. The predicted molar refractivity (Wildman–Crippen MR) is 111 cm³/mol. The molecule has 2 aromatic rings. The summed E-state index contributed by atoms with van der Waals surface area (Å²) in [5.41, 5.74) is 9.99. The van der Waals surface area contributed by atoms with Gasteiger partial charge in [0.25, 0.3) is 0 Å². The average Bonchev–Trinajstić information content (AvgIpc) is 2.80. The van der Waals surface area contributed by atoms with E-state index in [0.717, 1.165) is 9.52 Å². The van der Waals surface area contributed by atoms with Crippen LogP contribution in [0.2, 0.25) is 13.1 Å². The van der Waals surface area contributed by atoms with Crippen molar-refractivity contribution in [2.45, 2.75) is 61.6 Å². The number of halogens is 2. The van der Waals surface area contributed by atoms with E-state index in [1.165, 1.54) is 38.9 Å². The summed E-state index contributed by atoms with van der Waals surface area (Å²) in [7, 11) is 0.750. The van der Waals surface area contributed by atoms with Crippen molar-refractivity contribution in [1.82, 2.24) is 0 Å². The van der Waals surface area contributed by atoms with Gasteiger partial charge in [0.15, 0.2) is 0 Å². The molecule has 0 saturated carbocycles. The van der Waals surface area contributed by atoms with Crippen LogP contribution in [0.25, 0.3) is 0 Å². The van der Waals surface area contributed by atoms with E-state index in [-0.39, 0.29) is 51.0 Å². The van der Waals surface area contributed by atoms with Gasteiger partial charge in [-0.15, -0.1) is 24.8 Å². The van der Waals surface area contributed by atoms with Gasteiger partial charge in [-0.1, -0.05) is 61.6 Å². The molecule has 0 spiro atoms. The molecule has 0 aliphatic carbocycles. The molecule has 0 aliphatic heterocycles. The van der Waals surface area contributed by atoms with Crippen molar-refractivity contribution in [3.05, 3.63) is 57.1 Å². The van der Waals surface area contributed by atoms with Gasteiger partial charge in [0.05, 0.1) is 0 Å². The first-order valence-corrected chi connectivity index (χ1v) is 9.70. The van der Waals surface area contributed by atoms with Crippen LogP contribution < -0.4 is 0 Å². The zero-order chi connectivity index (χ0) is 15.9. The fourth-order valence-corrected chi connectivity index (χ4v) is 1.94. The predicted octanol–water partition coefficient (Wildman–Crippen LogP) is 6.33. The van der Waals surface area contributed by atoms with Gasteiger partial charge in [-0.25, -0.2) is 6.07 Å². The molecule has 0 aromatic heterocycles. The summed E-state index contributed by atoms with van der Waals surface area (Å²) in [6.45, 7) is 19.5. The van der Waals surface area contributed by atoms with Gasteiger partial charge >= 0.3 is 26.2 Å². The summed E-state index contributed by atoms with van der Waals surface area (Å²) in [6.07, 6.45) is 0. The van der Waals surface area contributed by atoms with E-state index in [1.54, 1.807) is 0 Å². The second kappa shape index (κ2) is 15.9. The molecule has 1 radical (unpaired) electrons. The van der Waals surface area contributed by atoms with Crippen LogP contribution in [0.15, 0.2) is 18.2 Å². The molecule has 0 unspecified atom stereocenters. The maximum absolute atomic E-state index is 2.24. The number of hydrogen-bond donors (Lipinski definition) is 0. The van der Waals surface area contributed by atoms with E-state index in [1.807, 2.05) is 0 Å². The number of aryl methyl sites for hydroxylation is 4. The van der Waals surface area contributed by atoms with E-state index < -0.39 is 0 Å². The maximum Gasteiger partial charge on any atom is 2.00 e. The third-order valence-electron chi connectivity index (χ3n) is 3.94. The van der Waals surface area contributed by atoms with Gasteiger partial charge in [-0.05, 0) is 0 Å². The van der Waals surface area contributed by atoms with Crippen LogP contribution in [0, 0.1) is 48.5 Å². The molecular formula is C19H33Cl2SiZr. The smallest absolute Gasteiger partial charge is 0.210 e. The zero-order valence-corrected chi connectivity index (χ0v) is 21.4. The molecule has 0 saturated heterocycles. The standard InChI is InChI=1S/C9H13.C8H11.C2H7Si.2ClH.Zr/c1-6-5-7(2)9(4)8(6)3;1-6-4-5-7(2)8(6)3;1-3-2;;;/h5H,1-4H3;4-5H,1-3H3;3H,1-2H3;2*1H;/q2*-1;;;;+2. The largest absolute Gasteiger partial charge is 2.00 e. The van der Waals surface area contributed by atoms with Gasteiger partial charge in [0.1, 0.15) is 0 Å². The summed E-state index contributed by atoms with van der Waals surface area (Å²) in [6, 6.07) is 6.56. The molecule has 0 amide bonds. The second-order valence-corrected chi connectivity index (χ2v) is 6.82. The van der Waals surface area contributed by atoms with Gasteiger partial charge < -0.3 is 0 Å². The van der Waals surface area contributed by atoms with Crippen molar-refractivity contribution >= 4 is 34.3 Å². The fraction of sp³-hybridized carbons (Fsp3) is 0.474. The fourth-order valence-electron chi connectivity index (χ4n) is 1.94. The minimum Gasteiger partial charge on any atom is -0.210 e. The quantitative estimate of drug-likeness (QED) is 0.324. The summed E-state index contributed by atoms with van der Waals surface area (Å²) in [5.74, 6) is 0. The van der Waals surface area contributed by atoms with Crippen molar-refractivity contribution in [2.75, 3.05) is 0 Å². The number of hydrogen-bond acceptors (Lipinski definition) is 0. The van der Waals surface area contributed by atoms with Gasteiger partial charge in [0.2, 0.25) is 0 Å². The second-order valence-electron chi connectivity index (χ2n) is 5.66. The normalized spacial score (nSPS) is 8.22. The van der Waals surface area contributed by atoms with E-state index in [9.17, 15) is 0 Å². The Kier molecular flexibility index (Phi) is 21.5. The topological polar surface area (TPSA) is 0 Å². The zero-order valence-electron chi connectivity index (χ0n) is 16.1. The summed E-state index contributed by atoms with van der Waals surface area (Å²) in [4.78, 5) is 0. The Morgan fingerprint density at radius 3 is 1.30 bits per heavy atom. The molecule has 0 heterocycles. The first-order chi connectivity index (χ1) is 9.26. The summed E-state index contributed by atoms with van der Waals surface area (Å²) < 4.78 is 0. The SMILES string of the molecule is C[SiH]C.Cc1c[c-](C)c(C)c1C.Cc1cc[c-](C)c1C.Cl.Cl.[Zr+2]. The van der Waals surface area contributed by atoms with Crippen LogP contribution in [0.5, 0.6) is 0 Å². The maximum atomic E-state index is 2.24. The van der Waals surface area contributed by atoms with Crippen molar-refractivity contribution in [1.29, 1.82) is 0 Å². The summed E-state index contributed by atoms with van der Waals surface area (Å²) in [5, 5.41) is 0. The third-order valence-corrected chi connectivity index (χ3v) is 3.94. The van der Waals surface area contributed by atoms with Crippen LogP contribution in [0.3, 0.4) is 0 Å². The molecule has 0 N–H and O–H groups in total. The Morgan fingerprint density at radius 1 is 0.783 bits per heavy atom. The van der Waals surface area contributed by atoms with Crippen molar-refractivity contribution < 1.29 is 26.2 Å². The first-order valence-electron chi connectivity index (χ1n) is 7.39. The van der Waals surface area contributed by atoms with E-state index >= 15 is 0 Å². The summed E-state index contributed by atoms with van der Waals surface area (Å²) >= 11 is 0. The minimum atomic E-state index is 0. The van der Waals surface area contributed by atoms with Crippen molar-refractivity contribution in [3.63, 3.8) is 0 Å². The Labute approximate surface area is 178 Å². The van der Waals surface area contributed by atoms with E-state index in [2.05, 4.69) is 79.8 Å². The van der Waals surface area contributed by atoms with Crippen LogP contribution in [-0.4, -0.2) is 9.52 Å². The van der Waals surface area contributed by atoms with Gasteiger partial charge in [-0.3, -0.25) is 0 Å². The van der Waals surface area contributed by atoms with Crippen LogP contribution in [0.4, 0.5) is 0 Å². The number of rotatable bonds is 0. The Hall–Kier alpha value is 0.380. The molecule has 0 nitrogen and oxygen atoms in total. The van der Waals surface area contributed by atoms with Gasteiger partial charge in [-0.2, -0.15) is 51.1 Å². The average molecular weight is 452 g/mol. The molecule has 0 fully saturated rings. The molecule has 2 aromatic carbocycles. The third kappa shape index (κ3) is 10.8. The van der Waals surface area contributed by atoms with Crippen LogP contribution >= 0.6 is 24.8 Å². The van der Waals surface area contributed by atoms with Crippen molar-refractivity contribution in [3.8, 4) is 0 Å².